The molecule has 0 spiro atoms. The fourth-order valence-electron chi connectivity index (χ4n) is 6.87. The maximum Gasteiger partial charge on any atom is 0.414 e. The van der Waals surface area contributed by atoms with E-state index in [4.69, 9.17) is 25.8 Å². The average molecular weight is 849 g/mol. The number of carbonyl (C=O) groups excluding carboxylic acids is 4. The van der Waals surface area contributed by atoms with Crippen molar-refractivity contribution in [3.8, 4) is 0 Å². The fraction of sp³-hybridized carbons (Fsp3) is 0.463. The van der Waals surface area contributed by atoms with Crippen LogP contribution in [0.15, 0.2) is 54.6 Å². The van der Waals surface area contributed by atoms with Crippen molar-refractivity contribution in [2.45, 2.75) is 52.4 Å². The fourth-order valence-corrected chi connectivity index (χ4v) is 6.94. The molecule has 3 aromatic rings. The number of nitrogens with one attached hydrogen (secondary N) is 1. The Morgan fingerprint density at radius 1 is 0.729 bits per heavy atom. The second-order valence-electron chi connectivity index (χ2n) is 14.1. The molecule has 7 rings (SSSR count). The molecule has 320 valence electrons. The topological polar surface area (TPSA) is 124 Å². The van der Waals surface area contributed by atoms with E-state index in [9.17, 15) is 36.7 Å². The minimum atomic E-state index is -0.723. The first kappa shape index (κ1) is 45.0. The van der Waals surface area contributed by atoms with Crippen LogP contribution >= 0.6 is 11.6 Å². The molecule has 13 nitrogen and oxygen atoms in total. The lowest BCUT2D eigenvalue weighted by Gasteiger charge is -2.36. The molecule has 0 saturated carbocycles. The van der Waals surface area contributed by atoms with Gasteiger partial charge in [-0.2, -0.15) is 0 Å². The molecule has 0 aliphatic carbocycles. The second kappa shape index (κ2) is 21.2. The van der Waals surface area contributed by atoms with Gasteiger partial charge in [-0.1, -0.05) is 44.2 Å². The van der Waals surface area contributed by atoms with Crippen molar-refractivity contribution in [3.05, 3.63) is 83.4 Å². The van der Waals surface area contributed by atoms with Gasteiger partial charge in [0.1, 0.15) is 30.2 Å². The average Bonchev–Trinajstić information content (AvgIpc) is 3.80. The normalized spacial score (nSPS) is 19.1. The summed E-state index contributed by atoms with van der Waals surface area (Å²) in [5.41, 5.74) is 1.25. The summed E-state index contributed by atoms with van der Waals surface area (Å²) in [5.74, 6) is -2.79. The van der Waals surface area contributed by atoms with Gasteiger partial charge in [-0.05, 0) is 30.0 Å². The Morgan fingerprint density at radius 3 is 1.56 bits per heavy atom. The number of carbonyl (C=O) groups is 4. The summed E-state index contributed by atoms with van der Waals surface area (Å²) in [6, 6.07) is 14.4. The maximum atomic E-state index is 14.6. The third-order valence-corrected chi connectivity index (χ3v) is 10.2. The highest BCUT2D eigenvalue weighted by molar-refractivity contribution is 6.63. The Hall–Kier alpha value is -5.13. The molecular formula is C41H49ClF4N6O7. The number of amides is 3. The zero-order chi connectivity index (χ0) is 42.6. The van der Waals surface area contributed by atoms with Gasteiger partial charge in [0.15, 0.2) is 23.3 Å². The van der Waals surface area contributed by atoms with E-state index in [0.29, 0.717) is 78.4 Å². The Bertz CT molecular complexity index is 1890. The first-order chi connectivity index (χ1) is 28.3. The molecule has 18 heteroatoms. The van der Waals surface area contributed by atoms with Crippen LogP contribution in [0.5, 0.6) is 0 Å². The van der Waals surface area contributed by atoms with E-state index in [-0.39, 0.29) is 54.0 Å². The predicted molar refractivity (Wildman–Crippen MR) is 215 cm³/mol. The van der Waals surface area contributed by atoms with E-state index < -0.39 is 40.7 Å². The van der Waals surface area contributed by atoms with Crippen molar-refractivity contribution >= 4 is 57.7 Å². The molecule has 4 aliphatic rings. The number of nitrogens with zero attached hydrogens (tertiary/aromatic N) is 5. The molecule has 0 bridgehead atoms. The van der Waals surface area contributed by atoms with Gasteiger partial charge in [0, 0.05) is 83.5 Å². The standard InChI is InChI=1S/C17H21F2N3O3.C15H19F2N3O2.C9H9ClO2/c1-3-13-10-22(17(24)25-13)12-8-14(18)16(15(19)9-12)21-6-4-20(5-7-21)11(2)23;1-2-11-9-20(15(21)22-11)10-7-12(16)14(13(17)8-10)19-5-3-18-4-6-19;10-9(11)7-12-6-8-4-2-1-3-5-8/h8-9,13H,3-7,10H2,1-2H3;7-8,11,18H,2-6,9H2,1H3;1-5H,6-7H2/t13-;11-;/m00./s1. The van der Waals surface area contributed by atoms with Crippen LogP contribution in [-0.2, 0) is 30.4 Å². The number of anilines is 4. The van der Waals surface area contributed by atoms with Gasteiger partial charge in [0.05, 0.1) is 31.1 Å². The minimum Gasteiger partial charge on any atom is -0.444 e. The Balaban J connectivity index is 0.000000178. The van der Waals surface area contributed by atoms with Crippen molar-refractivity contribution in [2.24, 2.45) is 0 Å². The van der Waals surface area contributed by atoms with Crippen molar-refractivity contribution in [1.82, 2.24) is 10.2 Å². The SMILES string of the molecule is CC[C@H]1CN(c2cc(F)c(N3CCN(C(C)=O)CC3)c(F)c2)C(=O)O1.CC[C@H]1CN(c2cc(F)c(N3CCNCC3)c(F)c2)C(=O)O1.O=C(Cl)COCc1ccccc1. The summed E-state index contributed by atoms with van der Waals surface area (Å²) in [4.78, 5) is 52.7. The number of hydrogen-bond donors (Lipinski definition) is 1. The van der Waals surface area contributed by atoms with Gasteiger partial charge in [0.25, 0.3) is 0 Å². The van der Waals surface area contributed by atoms with Crippen molar-refractivity contribution < 1.29 is 51.0 Å². The van der Waals surface area contributed by atoms with Crippen LogP contribution in [0.25, 0.3) is 0 Å². The van der Waals surface area contributed by atoms with Gasteiger partial charge < -0.3 is 34.2 Å². The molecule has 4 aliphatic heterocycles. The smallest absolute Gasteiger partial charge is 0.414 e. The highest BCUT2D eigenvalue weighted by atomic mass is 35.5. The van der Waals surface area contributed by atoms with Gasteiger partial charge in [-0.3, -0.25) is 19.4 Å². The van der Waals surface area contributed by atoms with E-state index in [1.54, 1.807) is 14.7 Å². The lowest BCUT2D eigenvalue weighted by atomic mass is 10.2. The first-order valence-corrected chi connectivity index (χ1v) is 19.9. The molecule has 0 aromatic heterocycles. The van der Waals surface area contributed by atoms with Crippen LogP contribution < -0.4 is 24.9 Å². The number of halogens is 5. The summed E-state index contributed by atoms with van der Waals surface area (Å²) in [6.07, 6.45) is -0.323. The number of ether oxygens (including phenoxy) is 3. The highest BCUT2D eigenvalue weighted by Gasteiger charge is 2.34. The Kier molecular flexibility index (Phi) is 16.2. The van der Waals surface area contributed by atoms with Gasteiger partial charge in [-0.15, -0.1) is 0 Å². The molecule has 1 N–H and O–H groups in total. The summed E-state index contributed by atoms with van der Waals surface area (Å²) in [5, 5.41) is 2.67. The number of cyclic esters (lactones) is 2. The lowest BCUT2D eigenvalue weighted by molar-refractivity contribution is -0.129. The molecule has 4 heterocycles. The molecule has 3 aromatic carbocycles. The molecular weight excluding hydrogens is 800 g/mol. The molecule has 59 heavy (non-hydrogen) atoms. The van der Waals surface area contributed by atoms with Crippen molar-refractivity contribution in [1.29, 1.82) is 0 Å². The molecule has 3 amide bonds. The van der Waals surface area contributed by atoms with Crippen LogP contribution in [0.1, 0.15) is 39.2 Å². The molecule has 0 radical (unpaired) electrons. The van der Waals surface area contributed by atoms with Crippen molar-refractivity contribution in [3.63, 3.8) is 0 Å². The third kappa shape index (κ3) is 12.0. The molecule has 4 fully saturated rings. The van der Waals surface area contributed by atoms with E-state index in [0.717, 1.165) is 17.7 Å². The van der Waals surface area contributed by atoms with Crippen LogP contribution in [-0.4, -0.2) is 112 Å². The molecule has 2 atom stereocenters. The van der Waals surface area contributed by atoms with Gasteiger partial charge >= 0.3 is 12.2 Å². The third-order valence-electron chi connectivity index (χ3n) is 10.1. The van der Waals surface area contributed by atoms with E-state index in [2.05, 4.69) is 5.32 Å². The molecule has 0 unspecified atom stereocenters. The molecule has 4 saturated heterocycles. The lowest BCUT2D eigenvalue weighted by Crippen LogP contribution is -2.48. The summed E-state index contributed by atoms with van der Waals surface area (Å²) < 4.78 is 73.1. The largest absolute Gasteiger partial charge is 0.444 e. The van der Waals surface area contributed by atoms with Crippen LogP contribution in [0.2, 0.25) is 0 Å². The zero-order valence-electron chi connectivity index (χ0n) is 33.2. The number of benzene rings is 3. The number of piperazine rings is 2. The van der Waals surface area contributed by atoms with Gasteiger partial charge in [0.2, 0.25) is 11.1 Å². The monoisotopic (exact) mass is 848 g/mol. The van der Waals surface area contributed by atoms with Crippen LogP contribution in [0.4, 0.5) is 49.9 Å². The maximum absolute atomic E-state index is 14.6. The van der Waals surface area contributed by atoms with E-state index in [1.165, 1.54) is 28.9 Å². The summed E-state index contributed by atoms with van der Waals surface area (Å²) in [6.45, 7) is 10.3. The van der Waals surface area contributed by atoms with Crippen LogP contribution in [0.3, 0.4) is 0 Å². The first-order valence-electron chi connectivity index (χ1n) is 19.5. The zero-order valence-corrected chi connectivity index (χ0v) is 34.0. The van der Waals surface area contributed by atoms with E-state index in [1.807, 2.05) is 44.2 Å². The number of hydrogen-bond acceptors (Lipinski definition) is 10. The van der Waals surface area contributed by atoms with Crippen LogP contribution in [0, 0.1) is 23.3 Å². The number of rotatable bonds is 10. The highest BCUT2D eigenvalue weighted by Crippen LogP contribution is 2.33. The Morgan fingerprint density at radius 2 is 1.17 bits per heavy atom. The second-order valence-corrected chi connectivity index (χ2v) is 14.6. The van der Waals surface area contributed by atoms with Gasteiger partial charge in [-0.25, -0.2) is 27.2 Å². The minimum absolute atomic E-state index is 0.0233. The summed E-state index contributed by atoms with van der Waals surface area (Å²) in [7, 11) is 0. The van der Waals surface area contributed by atoms with E-state index >= 15 is 0 Å². The quantitative estimate of drug-likeness (QED) is 0.180. The van der Waals surface area contributed by atoms with Crippen molar-refractivity contribution in [2.75, 3.05) is 91.7 Å². The Labute approximate surface area is 345 Å². The predicted octanol–water partition coefficient (Wildman–Crippen LogP) is 6.45. The summed E-state index contributed by atoms with van der Waals surface area (Å²) >= 11 is 5.08.